The molecule has 1 saturated heterocycles. The van der Waals surface area contributed by atoms with E-state index in [0.29, 0.717) is 12.1 Å². The van der Waals surface area contributed by atoms with Crippen molar-refractivity contribution in [2.75, 3.05) is 13.1 Å². The summed E-state index contributed by atoms with van der Waals surface area (Å²) in [7, 11) is 0. The Labute approximate surface area is 115 Å². The average Bonchev–Trinajstić information content (AvgIpc) is 2.76. The third-order valence-electron chi connectivity index (χ3n) is 4.09. The van der Waals surface area contributed by atoms with Crippen molar-refractivity contribution in [3.8, 4) is 0 Å². The molecule has 0 bridgehead atoms. The molecule has 0 saturated carbocycles. The van der Waals surface area contributed by atoms with Crippen molar-refractivity contribution in [1.82, 2.24) is 10.2 Å². The lowest BCUT2D eigenvalue weighted by Crippen LogP contribution is -2.48. The van der Waals surface area contributed by atoms with Crippen molar-refractivity contribution < 1.29 is 0 Å². The summed E-state index contributed by atoms with van der Waals surface area (Å²) in [5, 5.41) is 3.59. The molecule has 2 rings (SSSR count). The quantitative estimate of drug-likeness (QED) is 0.896. The van der Waals surface area contributed by atoms with Crippen molar-refractivity contribution >= 4 is 11.3 Å². The fraction of sp³-hybridized carbons (Fsp3) is 0.733. The standard InChI is InChI=1S/C15H26N2S/c1-5-16-14-8-9-17(11(2)10-14)13(4)15-7-6-12(3)18-15/h6-7,11,13-14,16H,5,8-10H2,1-4H3. The number of nitrogens with zero attached hydrogens (tertiary/aromatic N) is 1. The monoisotopic (exact) mass is 266 g/mol. The third-order valence-corrected chi connectivity index (χ3v) is 5.26. The van der Waals surface area contributed by atoms with E-state index in [-0.39, 0.29) is 0 Å². The molecule has 18 heavy (non-hydrogen) atoms. The summed E-state index contributed by atoms with van der Waals surface area (Å²) in [4.78, 5) is 5.60. The molecule has 0 spiro atoms. The topological polar surface area (TPSA) is 15.3 Å². The highest BCUT2D eigenvalue weighted by atomic mass is 32.1. The second-order valence-electron chi connectivity index (χ2n) is 5.49. The Balaban J connectivity index is 1.97. The Bertz CT molecular complexity index is 374. The Morgan fingerprint density at radius 1 is 1.50 bits per heavy atom. The highest BCUT2D eigenvalue weighted by Gasteiger charge is 2.29. The Hall–Kier alpha value is -0.380. The number of thiophene rings is 1. The number of hydrogen-bond acceptors (Lipinski definition) is 3. The molecule has 1 fully saturated rings. The van der Waals surface area contributed by atoms with E-state index in [9.17, 15) is 0 Å². The fourth-order valence-corrected chi connectivity index (χ4v) is 4.03. The van der Waals surface area contributed by atoms with Crippen LogP contribution in [0.5, 0.6) is 0 Å². The van der Waals surface area contributed by atoms with E-state index in [2.05, 4.69) is 50.0 Å². The highest BCUT2D eigenvalue weighted by molar-refractivity contribution is 7.12. The van der Waals surface area contributed by atoms with Crippen LogP contribution in [-0.4, -0.2) is 30.1 Å². The van der Waals surface area contributed by atoms with Gasteiger partial charge >= 0.3 is 0 Å². The summed E-state index contributed by atoms with van der Waals surface area (Å²) in [5.41, 5.74) is 0. The van der Waals surface area contributed by atoms with Crippen LogP contribution in [0.1, 0.15) is 49.4 Å². The lowest BCUT2D eigenvalue weighted by Gasteiger charge is -2.41. The molecule has 1 aromatic rings. The van der Waals surface area contributed by atoms with Crippen LogP contribution in [0.4, 0.5) is 0 Å². The van der Waals surface area contributed by atoms with Crippen molar-refractivity contribution in [3.05, 3.63) is 21.9 Å². The van der Waals surface area contributed by atoms with Gasteiger partial charge in [0, 0.05) is 34.4 Å². The molecule has 2 heterocycles. The first-order valence-electron chi connectivity index (χ1n) is 7.17. The first-order chi connectivity index (χ1) is 8.61. The zero-order chi connectivity index (χ0) is 13.1. The maximum Gasteiger partial charge on any atom is 0.0416 e. The summed E-state index contributed by atoms with van der Waals surface area (Å²) >= 11 is 1.95. The van der Waals surface area contributed by atoms with E-state index >= 15 is 0 Å². The van der Waals surface area contributed by atoms with E-state index in [0.717, 1.165) is 12.6 Å². The van der Waals surface area contributed by atoms with Crippen LogP contribution in [0.25, 0.3) is 0 Å². The molecule has 1 aliphatic rings. The zero-order valence-corrected chi connectivity index (χ0v) is 12.9. The number of aryl methyl sites for hydroxylation is 1. The van der Waals surface area contributed by atoms with Gasteiger partial charge in [-0.15, -0.1) is 11.3 Å². The minimum atomic E-state index is 0.571. The third kappa shape index (κ3) is 3.14. The van der Waals surface area contributed by atoms with Crippen LogP contribution in [0.2, 0.25) is 0 Å². The molecule has 3 heteroatoms. The fourth-order valence-electron chi connectivity index (χ4n) is 3.08. The van der Waals surface area contributed by atoms with Gasteiger partial charge in [0.2, 0.25) is 0 Å². The Kier molecular flexibility index (Phi) is 4.82. The van der Waals surface area contributed by atoms with Gasteiger partial charge in [-0.05, 0) is 52.3 Å². The van der Waals surface area contributed by atoms with Crippen molar-refractivity contribution in [2.24, 2.45) is 0 Å². The molecular weight excluding hydrogens is 240 g/mol. The maximum absolute atomic E-state index is 3.59. The predicted octanol–water partition coefficient (Wildman–Crippen LogP) is 3.58. The normalized spacial score (nSPS) is 27.3. The van der Waals surface area contributed by atoms with Crippen LogP contribution >= 0.6 is 11.3 Å². The number of piperidine rings is 1. The van der Waals surface area contributed by atoms with E-state index in [4.69, 9.17) is 0 Å². The lowest BCUT2D eigenvalue weighted by molar-refractivity contribution is 0.0976. The van der Waals surface area contributed by atoms with Gasteiger partial charge in [-0.1, -0.05) is 6.92 Å². The van der Waals surface area contributed by atoms with Gasteiger partial charge in [-0.3, -0.25) is 4.90 Å². The van der Waals surface area contributed by atoms with E-state index < -0.39 is 0 Å². The number of rotatable bonds is 4. The number of hydrogen-bond donors (Lipinski definition) is 1. The molecule has 3 atom stereocenters. The van der Waals surface area contributed by atoms with Gasteiger partial charge in [0.1, 0.15) is 0 Å². The van der Waals surface area contributed by atoms with Gasteiger partial charge < -0.3 is 5.32 Å². The summed E-state index contributed by atoms with van der Waals surface area (Å²) < 4.78 is 0. The minimum Gasteiger partial charge on any atom is -0.314 e. The van der Waals surface area contributed by atoms with Gasteiger partial charge in [-0.25, -0.2) is 0 Å². The minimum absolute atomic E-state index is 0.571. The molecule has 2 nitrogen and oxygen atoms in total. The number of likely N-dealkylation sites (tertiary alicyclic amines) is 1. The summed E-state index contributed by atoms with van der Waals surface area (Å²) in [5.74, 6) is 0. The Morgan fingerprint density at radius 2 is 2.28 bits per heavy atom. The molecule has 102 valence electrons. The van der Waals surface area contributed by atoms with Crippen molar-refractivity contribution in [2.45, 2.75) is 58.7 Å². The van der Waals surface area contributed by atoms with Crippen LogP contribution in [-0.2, 0) is 0 Å². The molecule has 1 aromatic heterocycles. The largest absolute Gasteiger partial charge is 0.314 e. The molecule has 0 aliphatic carbocycles. The van der Waals surface area contributed by atoms with Crippen LogP contribution < -0.4 is 5.32 Å². The van der Waals surface area contributed by atoms with E-state index in [1.54, 1.807) is 0 Å². The first kappa shape index (κ1) is 14.0. The molecule has 0 amide bonds. The van der Waals surface area contributed by atoms with Crippen LogP contribution in [0.3, 0.4) is 0 Å². The second kappa shape index (κ2) is 6.18. The highest BCUT2D eigenvalue weighted by Crippen LogP contribution is 2.31. The summed E-state index contributed by atoms with van der Waals surface area (Å²) in [6.45, 7) is 11.4. The SMILES string of the molecule is CCNC1CCN(C(C)c2ccc(C)s2)C(C)C1. The smallest absolute Gasteiger partial charge is 0.0416 e. The zero-order valence-electron chi connectivity index (χ0n) is 12.1. The first-order valence-corrected chi connectivity index (χ1v) is 7.99. The lowest BCUT2D eigenvalue weighted by atomic mass is 9.96. The molecular formula is C15H26N2S. The maximum atomic E-state index is 3.59. The Morgan fingerprint density at radius 3 is 2.83 bits per heavy atom. The number of nitrogens with one attached hydrogen (secondary N) is 1. The van der Waals surface area contributed by atoms with Gasteiger partial charge in [-0.2, -0.15) is 0 Å². The van der Waals surface area contributed by atoms with Gasteiger partial charge in [0.05, 0.1) is 0 Å². The van der Waals surface area contributed by atoms with Crippen LogP contribution in [0, 0.1) is 6.92 Å². The van der Waals surface area contributed by atoms with E-state index in [1.165, 1.54) is 29.1 Å². The van der Waals surface area contributed by atoms with Gasteiger partial charge in [0.15, 0.2) is 0 Å². The predicted molar refractivity (Wildman–Crippen MR) is 80.3 cm³/mol. The van der Waals surface area contributed by atoms with E-state index in [1.807, 2.05) is 11.3 Å². The molecule has 0 radical (unpaired) electrons. The molecule has 3 unspecified atom stereocenters. The van der Waals surface area contributed by atoms with Crippen LogP contribution in [0.15, 0.2) is 12.1 Å². The molecule has 1 N–H and O–H groups in total. The summed E-state index contributed by atoms with van der Waals surface area (Å²) in [6, 6.07) is 6.51. The van der Waals surface area contributed by atoms with Crippen molar-refractivity contribution in [3.63, 3.8) is 0 Å². The van der Waals surface area contributed by atoms with Gasteiger partial charge in [0.25, 0.3) is 0 Å². The molecule has 0 aromatic carbocycles. The summed E-state index contributed by atoms with van der Waals surface area (Å²) in [6.07, 6.45) is 2.56. The average molecular weight is 266 g/mol. The molecule has 1 aliphatic heterocycles. The second-order valence-corrected chi connectivity index (χ2v) is 6.81. The van der Waals surface area contributed by atoms with Crippen molar-refractivity contribution in [1.29, 1.82) is 0 Å².